The molecule has 1 N–H and O–H groups in total. The maximum absolute atomic E-state index is 13.0. The van der Waals surface area contributed by atoms with Crippen LogP contribution in [0, 0.1) is 0 Å². The number of carboxylic acids is 1. The number of aliphatic carboxylic acids is 1. The zero-order chi connectivity index (χ0) is 67.5. The summed E-state index contributed by atoms with van der Waals surface area (Å²) >= 11 is 0. The highest BCUT2D eigenvalue weighted by Crippen LogP contribution is 2.19. The second-order valence-corrected chi connectivity index (χ2v) is 27.6. The standard InChI is InChI=1S/C84H149NO8/c1-6-8-10-12-14-16-18-20-22-24-26-28-30-32-34-36-37-38-39-40-41-42-43-44-45-47-48-50-52-54-56-58-60-62-64-66-68-70-72-74-81(86)91-78-80(79-92-84(83(88)89)90-77-76-85(3,4)5)93-82(87)75-73-71-69-67-65-63-61-59-57-55-53-51-49-46-35-33-31-29-27-25-23-21-19-17-15-13-11-9-7-2/h9,11,15,17,21,23-24,26-27,29,33,35,49,51,55,57,80,84H,6-8,10,12-14,16,18-20,22,25,28,30-32,34,36-48,50,52-54,56,58-79H2,1-5H3/p+1/b11-9-,17-15-,23-21-,26-24-,29-27-,35-33-,51-49-,57-55-. The van der Waals surface area contributed by atoms with E-state index in [0.29, 0.717) is 23.9 Å². The molecule has 0 fully saturated rings. The number of rotatable bonds is 73. The molecule has 93 heavy (non-hydrogen) atoms. The Labute approximate surface area is 575 Å². The number of hydrogen-bond acceptors (Lipinski definition) is 7. The Bertz CT molecular complexity index is 1850. The average molecular weight is 1300 g/mol. The number of quaternary nitrogens is 1. The van der Waals surface area contributed by atoms with E-state index in [1.807, 2.05) is 21.1 Å². The third-order valence-electron chi connectivity index (χ3n) is 17.3. The van der Waals surface area contributed by atoms with Gasteiger partial charge in [-0.1, -0.05) is 349 Å². The number of allylic oxidation sites excluding steroid dienone is 16. The van der Waals surface area contributed by atoms with Crippen molar-refractivity contribution in [2.24, 2.45) is 0 Å². The van der Waals surface area contributed by atoms with Crippen LogP contribution in [0.3, 0.4) is 0 Å². The van der Waals surface area contributed by atoms with E-state index < -0.39 is 24.3 Å². The van der Waals surface area contributed by atoms with Gasteiger partial charge in [0.15, 0.2) is 6.10 Å². The van der Waals surface area contributed by atoms with E-state index >= 15 is 0 Å². The molecule has 9 nitrogen and oxygen atoms in total. The van der Waals surface area contributed by atoms with Crippen molar-refractivity contribution < 1.29 is 42.9 Å². The van der Waals surface area contributed by atoms with E-state index in [1.54, 1.807) is 0 Å². The van der Waals surface area contributed by atoms with Crippen LogP contribution in [-0.4, -0.2) is 87.4 Å². The second kappa shape index (κ2) is 74.0. The molecule has 0 aliphatic rings. The lowest BCUT2D eigenvalue weighted by Gasteiger charge is -2.25. The molecule has 0 saturated carbocycles. The van der Waals surface area contributed by atoms with Crippen LogP contribution in [0.25, 0.3) is 0 Å². The molecule has 538 valence electrons. The van der Waals surface area contributed by atoms with E-state index in [1.165, 1.54) is 238 Å². The van der Waals surface area contributed by atoms with Crippen LogP contribution in [0.4, 0.5) is 0 Å². The number of esters is 2. The molecule has 2 unspecified atom stereocenters. The minimum Gasteiger partial charge on any atom is -0.477 e. The largest absolute Gasteiger partial charge is 0.477 e. The minimum atomic E-state index is -1.52. The molecule has 0 heterocycles. The summed E-state index contributed by atoms with van der Waals surface area (Å²) < 4.78 is 23.0. The molecular weight excluding hydrogens is 1150 g/mol. The van der Waals surface area contributed by atoms with Crippen LogP contribution in [0.15, 0.2) is 97.2 Å². The van der Waals surface area contributed by atoms with Gasteiger partial charge in [-0.3, -0.25) is 9.59 Å². The topological polar surface area (TPSA) is 108 Å². The van der Waals surface area contributed by atoms with Crippen LogP contribution in [0.5, 0.6) is 0 Å². The summed E-state index contributed by atoms with van der Waals surface area (Å²) in [4.78, 5) is 37.7. The van der Waals surface area contributed by atoms with E-state index in [4.69, 9.17) is 18.9 Å². The van der Waals surface area contributed by atoms with E-state index in [9.17, 15) is 19.5 Å². The first kappa shape index (κ1) is 89.2. The van der Waals surface area contributed by atoms with Crippen LogP contribution in [0.1, 0.15) is 361 Å². The zero-order valence-electron chi connectivity index (χ0n) is 61.7. The van der Waals surface area contributed by atoms with E-state index in [2.05, 4.69) is 111 Å². The van der Waals surface area contributed by atoms with Crippen LogP contribution < -0.4 is 0 Å². The number of ether oxygens (including phenoxy) is 4. The fourth-order valence-corrected chi connectivity index (χ4v) is 11.3. The minimum absolute atomic E-state index is 0.182. The van der Waals surface area contributed by atoms with Gasteiger partial charge in [0.05, 0.1) is 34.4 Å². The number of carbonyl (C=O) groups excluding carboxylic acids is 2. The lowest BCUT2D eigenvalue weighted by Crippen LogP contribution is -2.40. The summed E-state index contributed by atoms with van der Waals surface area (Å²) in [5.41, 5.74) is 0. The quantitative estimate of drug-likeness (QED) is 0.0211. The van der Waals surface area contributed by atoms with Crippen LogP contribution in [-0.2, 0) is 33.3 Å². The van der Waals surface area contributed by atoms with Gasteiger partial charge in [0.1, 0.15) is 13.2 Å². The average Bonchev–Trinajstić information content (AvgIpc) is 3.74. The first-order valence-corrected chi connectivity index (χ1v) is 39.4. The molecule has 0 radical (unpaired) electrons. The van der Waals surface area contributed by atoms with Gasteiger partial charge in [-0.25, -0.2) is 4.79 Å². The second-order valence-electron chi connectivity index (χ2n) is 27.6. The summed E-state index contributed by atoms with van der Waals surface area (Å²) in [6.07, 6.45) is 99.9. The predicted octanol–water partition coefficient (Wildman–Crippen LogP) is 25.1. The van der Waals surface area contributed by atoms with Gasteiger partial charge in [-0.2, -0.15) is 0 Å². The Morgan fingerprint density at radius 3 is 0.925 bits per heavy atom. The van der Waals surface area contributed by atoms with E-state index in [-0.39, 0.29) is 32.2 Å². The summed E-state index contributed by atoms with van der Waals surface area (Å²) in [6, 6.07) is 0. The Hall–Kier alpha value is -3.79. The van der Waals surface area contributed by atoms with Crippen molar-refractivity contribution in [2.75, 3.05) is 47.5 Å². The number of carbonyl (C=O) groups is 3. The van der Waals surface area contributed by atoms with Gasteiger partial charge in [0.2, 0.25) is 0 Å². The summed E-state index contributed by atoms with van der Waals surface area (Å²) in [6.45, 7) is 4.79. The highest BCUT2D eigenvalue weighted by molar-refractivity contribution is 5.71. The molecule has 0 aliphatic carbocycles. The monoisotopic (exact) mass is 1300 g/mol. The molecular formula is C84H150NO8+. The SMILES string of the molecule is CC/C=C\C/C=C\C/C=C\C/C=C\C/C=C\C/C=C\C/C=C\CCCCCCCCCC(=O)OC(COC(=O)CCCCCCCCCCCCCCCCCCCCCCCCCCCCC/C=C\CCCCCCCCCC)COC(OCC[N+](C)(C)C)C(=O)O. The van der Waals surface area contributed by atoms with Crippen molar-refractivity contribution in [1.29, 1.82) is 0 Å². The van der Waals surface area contributed by atoms with Crippen LogP contribution in [0.2, 0.25) is 0 Å². The Morgan fingerprint density at radius 2 is 0.613 bits per heavy atom. The molecule has 0 rings (SSSR count). The van der Waals surface area contributed by atoms with Crippen molar-refractivity contribution in [3.63, 3.8) is 0 Å². The molecule has 0 aliphatic heterocycles. The van der Waals surface area contributed by atoms with Gasteiger partial charge in [-0.05, 0) is 96.3 Å². The zero-order valence-corrected chi connectivity index (χ0v) is 61.7. The van der Waals surface area contributed by atoms with Crippen molar-refractivity contribution in [1.82, 2.24) is 0 Å². The molecule has 0 spiro atoms. The highest BCUT2D eigenvalue weighted by Gasteiger charge is 2.25. The summed E-state index contributed by atoms with van der Waals surface area (Å²) in [7, 11) is 5.98. The van der Waals surface area contributed by atoms with Gasteiger partial charge in [0, 0.05) is 12.8 Å². The van der Waals surface area contributed by atoms with Crippen LogP contribution >= 0.6 is 0 Å². The molecule has 0 saturated heterocycles. The Kier molecular flexibility index (Phi) is 71.0. The number of carboxylic acid groups (broad SMARTS) is 1. The molecule has 2 atom stereocenters. The van der Waals surface area contributed by atoms with Gasteiger partial charge in [-0.15, -0.1) is 0 Å². The number of likely N-dealkylation sites (N-methyl/N-ethyl adjacent to an activating group) is 1. The lowest BCUT2D eigenvalue weighted by atomic mass is 10.0. The molecule has 9 heteroatoms. The molecule has 0 aromatic carbocycles. The number of unbranched alkanes of at least 4 members (excludes halogenated alkanes) is 42. The van der Waals surface area contributed by atoms with Crippen molar-refractivity contribution in [3.8, 4) is 0 Å². The fraction of sp³-hybridized carbons (Fsp3) is 0.774. The predicted molar refractivity (Wildman–Crippen MR) is 401 cm³/mol. The van der Waals surface area contributed by atoms with Gasteiger partial charge in [0.25, 0.3) is 6.29 Å². The van der Waals surface area contributed by atoms with Crippen molar-refractivity contribution >= 4 is 17.9 Å². The van der Waals surface area contributed by atoms with Crippen molar-refractivity contribution in [2.45, 2.75) is 373 Å². The third-order valence-corrected chi connectivity index (χ3v) is 17.3. The first-order valence-electron chi connectivity index (χ1n) is 39.4. The third kappa shape index (κ3) is 75.5. The number of nitrogens with zero attached hydrogens (tertiary/aromatic N) is 1. The van der Waals surface area contributed by atoms with Gasteiger partial charge >= 0.3 is 17.9 Å². The molecule has 0 amide bonds. The maximum Gasteiger partial charge on any atom is 0.361 e. The fourth-order valence-electron chi connectivity index (χ4n) is 11.3. The van der Waals surface area contributed by atoms with Crippen molar-refractivity contribution in [3.05, 3.63) is 97.2 Å². The maximum atomic E-state index is 13.0. The molecule has 0 bridgehead atoms. The van der Waals surface area contributed by atoms with Gasteiger partial charge < -0.3 is 28.5 Å². The number of hydrogen-bond donors (Lipinski definition) is 1. The molecule has 0 aromatic heterocycles. The summed E-state index contributed by atoms with van der Waals surface area (Å²) in [5.74, 6) is -2.01. The summed E-state index contributed by atoms with van der Waals surface area (Å²) in [5, 5.41) is 9.77. The smallest absolute Gasteiger partial charge is 0.361 e. The first-order chi connectivity index (χ1) is 45.6. The normalized spacial score (nSPS) is 13.2. The van der Waals surface area contributed by atoms with E-state index in [0.717, 1.165) is 89.9 Å². The lowest BCUT2D eigenvalue weighted by molar-refractivity contribution is -0.870. The molecule has 0 aromatic rings. The Morgan fingerprint density at radius 1 is 0.333 bits per heavy atom. The Balaban J connectivity index is 4.02. The highest BCUT2D eigenvalue weighted by atomic mass is 16.7.